The van der Waals surface area contributed by atoms with Crippen molar-refractivity contribution in [3.8, 4) is 0 Å². The third-order valence-corrected chi connectivity index (χ3v) is 5.03. The molecular formula is C20H21BrN2O4. The average molecular weight is 433 g/mol. The highest BCUT2D eigenvalue weighted by molar-refractivity contribution is 9.10. The van der Waals surface area contributed by atoms with E-state index >= 15 is 0 Å². The minimum Gasteiger partial charge on any atom is -0.465 e. The Morgan fingerprint density at radius 3 is 2.37 bits per heavy atom. The summed E-state index contributed by atoms with van der Waals surface area (Å²) in [7, 11) is 2.58. The highest BCUT2D eigenvalue weighted by atomic mass is 79.9. The zero-order valence-electron chi connectivity index (χ0n) is 15.3. The molecule has 1 aromatic rings. The Balaban J connectivity index is 2.19. The second-order valence-corrected chi connectivity index (χ2v) is 7.06. The van der Waals surface area contributed by atoms with Crippen molar-refractivity contribution in [2.75, 3.05) is 37.1 Å². The summed E-state index contributed by atoms with van der Waals surface area (Å²) in [6.45, 7) is 1.89. The maximum absolute atomic E-state index is 12.6. The molecule has 0 saturated carbocycles. The summed E-state index contributed by atoms with van der Waals surface area (Å²) < 4.78 is 10.8. The van der Waals surface area contributed by atoms with Crippen LogP contribution in [-0.2, 0) is 19.1 Å². The van der Waals surface area contributed by atoms with Gasteiger partial charge in [-0.15, -0.1) is 0 Å². The first-order chi connectivity index (χ1) is 13.1. The SMILES string of the molecule is COC(=O)C1=C(C(=O)OC)N(c2ccc(Br)cc2N2CCCC2)C=CC=C1. The van der Waals surface area contributed by atoms with Crippen molar-refractivity contribution in [1.82, 2.24) is 0 Å². The Morgan fingerprint density at radius 1 is 1.00 bits per heavy atom. The number of rotatable bonds is 4. The third-order valence-electron chi connectivity index (χ3n) is 4.53. The number of carbonyl (C=O) groups excluding carboxylic acids is 2. The molecule has 0 N–H and O–H groups in total. The van der Waals surface area contributed by atoms with Gasteiger partial charge in [-0.05, 0) is 43.2 Å². The van der Waals surface area contributed by atoms with E-state index in [4.69, 9.17) is 9.47 Å². The largest absolute Gasteiger partial charge is 0.465 e. The highest BCUT2D eigenvalue weighted by Gasteiger charge is 2.29. The van der Waals surface area contributed by atoms with Crippen LogP contribution in [0.2, 0.25) is 0 Å². The minimum absolute atomic E-state index is 0.122. The molecule has 1 fully saturated rings. The number of nitrogens with zero attached hydrogens (tertiary/aromatic N) is 2. The molecular weight excluding hydrogens is 412 g/mol. The van der Waals surface area contributed by atoms with Crippen molar-refractivity contribution in [3.05, 3.63) is 58.4 Å². The summed E-state index contributed by atoms with van der Waals surface area (Å²) in [5.74, 6) is -1.21. The second kappa shape index (κ2) is 8.43. The number of ether oxygens (including phenoxy) is 2. The third kappa shape index (κ3) is 3.93. The molecule has 0 unspecified atom stereocenters. The van der Waals surface area contributed by atoms with Crippen LogP contribution in [0.15, 0.2) is 58.4 Å². The molecule has 142 valence electrons. The fourth-order valence-electron chi connectivity index (χ4n) is 3.26. The normalized spacial score (nSPS) is 16.6. The van der Waals surface area contributed by atoms with E-state index in [-0.39, 0.29) is 11.3 Å². The number of allylic oxidation sites excluding steroid dienone is 2. The zero-order chi connectivity index (χ0) is 19.4. The highest BCUT2D eigenvalue weighted by Crippen LogP contribution is 2.38. The summed E-state index contributed by atoms with van der Waals surface area (Å²) in [6.07, 6.45) is 9.02. The minimum atomic E-state index is -0.609. The summed E-state index contributed by atoms with van der Waals surface area (Å²) in [6, 6.07) is 5.86. The summed E-state index contributed by atoms with van der Waals surface area (Å²) in [5, 5.41) is 0. The van der Waals surface area contributed by atoms with E-state index < -0.39 is 11.9 Å². The van der Waals surface area contributed by atoms with Gasteiger partial charge in [0.15, 0.2) is 0 Å². The lowest BCUT2D eigenvalue weighted by Gasteiger charge is -2.29. The number of esters is 2. The van der Waals surface area contributed by atoms with Gasteiger partial charge in [-0.2, -0.15) is 0 Å². The summed E-state index contributed by atoms with van der Waals surface area (Å²) >= 11 is 3.53. The lowest BCUT2D eigenvalue weighted by atomic mass is 10.1. The molecule has 1 saturated heterocycles. The monoisotopic (exact) mass is 432 g/mol. The Morgan fingerprint density at radius 2 is 1.70 bits per heavy atom. The smallest absolute Gasteiger partial charge is 0.355 e. The number of benzene rings is 1. The molecule has 0 aliphatic carbocycles. The number of halogens is 1. The van der Waals surface area contributed by atoms with Crippen LogP contribution in [0.4, 0.5) is 11.4 Å². The number of hydrogen-bond donors (Lipinski definition) is 0. The topological polar surface area (TPSA) is 59.1 Å². The van der Waals surface area contributed by atoms with Crippen LogP contribution in [0.3, 0.4) is 0 Å². The van der Waals surface area contributed by atoms with Gasteiger partial charge in [-0.3, -0.25) is 0 Å². The fraction of sp³-hybridized carbons (Fsp3) is 0.300. The lowest BCUT2D eigenvalue weighted by Crippen LogP contribution is -2.29. The van der Waals surface area contributed by atoms with Gasteiger partial charge < -0.3 is 19.3 Å². The number of hydrogen-bond acceptors (Lipinski definition) is 6. The van der Waals surface area contributed by atoms with Crippen LogP contribution >= 0.6 is 15.9 Å². The maximum Gasteiger partial charge on any atom is 0.355 e. The molecule has 6 nitrogen and oxygen atoms in total. The Labute approximate surface area is 166 Å². The van der Waals surface area contributed by atoms with Gasteiger partial charge in [-0.1, -0.05) is 22.0 Å². The van der Waals surface area contributed by atoms with Crippen LogP contribution in [0.1, 0.15) is 12.8 Å². The van der Waals surface area contributed by atoms with E-state index in [1.165, 1.54) is 14.2 Å². The average Bonchev–Trinajstić information content (AvgIpc) is 3.13. The maximum atomic E-state index is 12.6. The van der Waals surface area contributed by atoms with Crippen molar-refractivity contribution in [1.29, 1.82) is 0 Å². The standard InChI is InChI=1S/C20H21BrN2O4/c1-26-19(24)15-7-3-4-12-23(18(15)20(25)27-2)16-9-8-14(21)13-17(16)22-10-5-6-11-22/h3-4,7-9,12-13H,5-6,10-11H2,1-2H3. The molecule has 0 aromatic heterocycles. The molecule has 0 radical (unpaired) electrons. The summed E-state index contributed by atoms with van der Waals surface area (Å²) in [5.41, 5.74) is 2.04. The molecule has 0 bridgehead atoms. The van der Waals surface area contributed by atoms with Crippen molar-refractivity contribution < 1.29 is 19.1 Å². The first kappa shape index (κ1) is 19.2. The van der Waals surface area contributed by atoms with E-state index in [0.29, 0.717) is 0 Å². The molecule has 2 aliphatic heterocycles. The number of methoxy groups -OCH3 is 2. The van der Waals surface area contributed by atoms with Gasteiger partial charge in [0, 0.05) is 23.8 Å². The van der Waals surface area contributed by atoms with Crippen molar-refractivity contribution in [2.45, 2.75) is 12.8 Å². The molecule has 27 heavy (non-hydrogen) atoms. The van der Waals surface area contributed by atoms with Gasteiger partial charge in [0.25, 0.3) is 0 Å². The van der Waals surface area contributed by atoms with Crippen molar-refractivity contribution in [2.24, 2.45) is 0 Å². The molecule has 3 rings (SSSR count). The van der Waals surface area contributed by atoms with E-state index in [9.17, 15) is 9.59 Å². The second-order valence-electron chi connectivity index (χ2n) is 6.14. The van der Waals surface area contributed by atoms with Crippen molar-refractivity contribution in [3.63, 3.8) is 0 Å². The van der Waals surface area contributed by atoms with Crippen LogP contribution < -0.4 is 9.80 Å². The fourth-order valence-corrected chi connectivity index (χ4v) is 3.61. The molecule has 0 atom stereocenters. The predicted octanol–water partition coefficient (Wildman–Crippen LogP) is 3.54. The Bertz CT molecular complexity index is 838. The molecule has 0 spiro atoms. The Hall–Kier alpha value is -2.54. The van der Waals surface area contributed by atoms with Gasteiger partial charge in [0.1, 0.15) is 5.70 Å². The molecule has 1 aromatic carbocycles. The van der Waals surface area contributed by atoms with Crippen LogP contribution in [0.25, 0.3) is 0 Å². The van der Waals surface area contributed by atoms with E-state index in [1.54, 1.807) is 29.3 Å². The molecule has 2 aliphatic rings. The quantitative estimate of drug-likeness (QED) is 0.678. The summed E-state index contributed by atoms with van der Waals surface area (Å²) in [4.78, 5) is 28.9. The van der Waals surface area contributed by atoms with Gasteiger partial charge in [0.05, 0.1) is 31.2 Å². The lowest BCUT2D eigenvalue weighted by molar-refractivity contribution is -0.139. The van der Waals surface area contributed by atoms with E-state index in [2.05, 4.69) is 20.8 Å². The molecule has 7 heteroatoms. The van der Waals surface area contributed by atoms with Crippen molar-refractivity contribution >= 4 is 39.2 Å². The van der Waals surface area contributed by atoms with Crippen LogP contribution in [-0.4, -0.2) is 39.2 Å². The number of anilines is 2. The van der Waals surface area contributed by atoms with Gasteiger partial charge in [-0.25, -0.2) is 9.59 Å². The number of carbonyl (C=O) groups is 2. The molecule has 2 heterocycles. The molecule has 0 amide bonds. The van der Waals surface area contributed by atoms with Crippen LogP contribution in [0.5, 0.6) is 0 Å². The van der Waals surface area contributed by atoms with E-state index in [0.717, 1.165) is 41.8 Å². The zero-order valence-corrected chi connectivity index (χ0v) is 16.9. The first-order valence-corrected chi connectivity index (χ1v) is 9.45. The first-order valence-electron chi connectivity index (χ1n) is 8.66. The van der Waals surface area contributed by atoms with Gasteiger partial charge in [0.2, 0.25) is 0 Å². The Kier molecular flexibility index (Phi) is 6.01. The van der Waals surface area contributed by atoms with E-state index in [1.807, 2.05) is 18.2 Å². The predicted molar refractivity (Wildman–Crippen MR) is 107 cm³/mol. The van der Waals surface area contributed by atoms with Gasteiger partial charge >= 0.3 is 11.9 Å². The van der Waals surface area contributed by atoms with Crippen LogP contribution in [0, 0.1) is 0 Å².